The molecule has 0 fully saturated rings. The predicted octanol–water partition coefficient (Wildman–Crippen LogP) is 0.475. The smallest absolute Gasteiger partial charge is 0.182 e. The molecular weight excluding hydrogens is 218 g/mol. The van der Waals surface area contributed by atoms with Crippen molar-refractivity contribution in [3.8, 4) is 0 Å². The first kappa shape index (κ1) is 13.8. The number of nitrogens with zero attached hydrogens (tertiary/aromatic N) is 4. The Morgan fingerprint density at radius 1 is 1.41 bits per heavy atom. The number of carbonyl (C=O) groups excluding carboxylic acids is 1. The minimum Gasteiger partial charge on any atom is -0.328 e. The zero-order chi connectivity index (χ0) is 12.8. The number of tetrazole rings is 1. The van der Waals surface area contributed by atoms with E-state index in [2.05, 4.69) is 15.4 Å². The summed E-state index contributed by atoms with van der Waals surface area (Å²) in [6.07, 6.45) is 3.09. The molecule has 0 saturated carbocycles. The maximum absolute atomic E-state index is 11.8. The Bertz CT molecular complexity index is 360. The lowest BCUT2D eigenvalue weighted by Crippen LogP contribution is -2.17. The molecule has 0 aromatic carbocycles. The molecule has 0 aliphatic carbocycles. The summed E-state index contributed by atoms with van der Waals surface area (Å²) in [5, 5.41) is 11.5. The molecule has 2 N–H and O–H groups in total. The molecule has 0 bridgehead atoms. The molecule has 2 unspecified atom stereocenters. The fourth-order valence-electron chi connectivity index (χ4n) is 1.63. The molecule has 6 heteroatoms. The Morgan fingerprint density at radius 2 is 2.12 bits per heavy atom. The average Bonchev–Trinajstić information content (AvgIpc) is 2.63. The lowest BCUT2D eigenvalue weighted by Gasteiger charge is -2.10. The highest BCUT2D eigenvalue weighted by molar-refractivity contribution is 5.82. The Morgan fingerprint density at radius 3 is 2.65 bits per heavy atom. The van der Waals surface area contributed by atoms with Gasteiger partial charge in [-0.3, -0.25) is 4.79 Å². The number of nitrogens with two attached hydrogens (primary N) is 1. The first-order valence-electron chi connectivity index (χ1n) is 6.00. The third-order valence-electron chi connectivity index (χ3n) is 2.73. The van der Waals surface area contributed by atoms with Gasteiger partial charge in [0.15, 0.2) is 5.82 Å². The summed E-state index contributed by atoms with van der Waals surface area (Å²) in [6, 6.07) is 0.207. The molecule has 96 valence electrons. The van der Waals surface area contributed by atoms with Crippen molar-refractivity contribution in [3.63, 3.8) is 0 Å². The highest BCUT2D eigenvalue weighted by Gasteiger charge is 2.15. The van der Waals surface area contributed by atoms with E-state index in [-0.39, 0.29) is 24.2 Å². The molecule has 1 aromatic rings. The number of hydrogen-bond acceptors (Lipinski definition) is 5. The monoisotopic (exact) mass is 239 g/mol. The molecule has 1 heterocycles. The van der Waals surface area contributed by atoms with Gasteiger partial charge in [-0.05, 0) is 25.0 Å². The van der Waals surface area contributed by atoms with Crippen LogP contribution in [-0.4, -0.2) is 32.0 Å². The van der Waals surface area contributed by atoms with E-state index < -0.39 is 0 Å². The van der Waals surface area contributed by atoms with Crippen LogP contribution in [0.5, 0.6) is 0 Å². The van der Waals surface area contributed by atoms with E-state index in [1.54, 1.807) is 7.05 Å². The van der Waals surface area contributed by atoms with Crippen LogP contribution in [-0.2, 0) is 18.3 Å². The van der Waals surface area contributed by atoms with Crippen molar-refractivity contribution in [3.05, 3.63) is 5.82 Å². The summed E-state index contributed by atoms with van der Waals surface area (Å²) >= 11 is 0. The lowest BCUT2D eigenvalue weighted by atomic mass is 9.96. The van der Waals surface area contributed by atoms with Gasteiger partial charge in [-0.15, -0.1) is 10.2 Å². The first-order chi connectivity index (χ1) is 7.99. The Balaban J connectivity index is 2.32. The van der Waals surface area contributed by atoms with Crippen LogP contribution >= 0.6 is 0 Å². The van der Waals surface area contributed by atoms with E-state index in [1.165, 1.54) is 4.80 Å². The van der Waals surface area contributed by atoms with Crippen molar-refractivity contribution < 1.29 is 4.79 Å². The number of hydrogen-bond donors (Lipinski definition) is 1. The molecule has 6 nitrogen and oxygen atoms in total. The van der Waals surface area contributed by atoms with Crippen LogP contribution in [0.15, 0.2) is 0 Å². The number of aryl methyl sites for hydroxylation is 1. The molecule has 0 spiro atoms. The maximum Gasteiger partial charge on any atom is 0.182 e. The summed E-state index contributed by atoms with van der Waals surface area (Å²) in [6.45, 7) is 3.93. The second-order valence-corrected chi connectivity index (χ2v) is 4.65. The third kappa shape index (κ3) is 5.04. The Kier molecular flexibility index (Phi) is 5.21. The van der Waals surface area contributed by atoms with E-state index in [4.69, 9.17) is 5.73 Å². The Labute approximate surface area is 102 Å². The quantitative estimate of drug-likeness (QED) is 0.747. The van der Waals surface area contributed by atoms with Gasteiger partial charge >= 0.3 is 0 Å². The second kappa shape index (κ2) is 6.44. The zero-order valence-electron chi connectivity index (χ0n) is 10.8. The third-order valence-corrected chi connectivity index (χ3v) is 2.73. The minimum absolute atomic E-state index is 0.0394. The molecule has 0 radical (unpaired) electrons. The SMILES string of the molecule is CC(N)CCCC(C)C(=O)Cc1nnn(C)n1. The topological polar surface area (TPSA) is 86.7 Å². The minimum atomic E-state index is 0.0394. The van der Waals surface area contributed by atoms with Crippen LogP contribution in [0.2, 0.25) is 0 Å². The van der Waals surface area contributed by atoms with Gasteiger partial charge in [0.05, 0.1) is 13.5 Å². The highest BCUT2D eigenvalue weighted by Crippen LogP contribution is 2.11. The van der Waals surface area contributed by atoms with Crippen molar-refractivity contribution in [2.45, 2.75) is 45.6 Å². The van der Waals surface area contributed by atoms with Crippen molar-refractivity contribution in [1.29, 1.82) is 0 Å². The van der Waals surface area contributed by atoms with Crippen molar-refractivity contribution in [2.24, 2.45) is 18.7 Å². The molecule has 0 saturated heterocycles. The van der Waals surface area contributed by atoms with Crippen LogP contribution in [0.3, 0.4) is 0 Å². The van der Waals surface area contributed by atoms with Gasteiger partial charge in [-0.2, -0.15) is 4.80 Å². The van der Waals surface area contributed by atoms with Gasteiger partial charge in [0.25, 0.3) is 0 Å². The van der Waals surface area contributed by atoms with Gasteiger partial charge < -0.3 is 5.73 Å². The van der Waals surface area contributed by atoms with Gasteiger partial charge in [0.1, 0.15) is 5.78 Å². The molecule has 2 atom stereocenters. The van der Waals surface area contributed by atoms with Gasteiger partial charge in [-0.1, -0.05) is 13.3 Å². The van der Waals surface area contributed by atoms with E-state index in [1.807, 2.05) is 13.8 Å². The average molecular weight is 239 g/mol. The molecule has 1 aromatic heterocycles. The van der Waals surface area contributed by atoms with Crippen LogP contribution in [0.1, 0.15) is 38.9 Å². The summed E-state index contributed by atoms with van der Waals surface area (Å²) in [5.41, 5.74) is 5.67. The standard InChI is InChI=1S/C11H21N5O/c1-8(5-4-6-9(2)12)10(17)7-11-13-15-16(3)14-11/h8-9H,4-7,12H2,1-3H3. The van der Waals surface area contributed by atoms with E-state index in [9.17, 15) is 4.79 Å². The summed E-state index contributed by atoms with van der Waals surface area (Å²) in [4.78, 5) is 13.2. The van der Waals surface area contributed by atoms with Gasteiger partial charge in [0, 0.05) is 12.0 Å². The van der Waals surface area contributed by atoms with Crippen molar-refractivity contribution in [2.75, 3.05) is 0 Å². The van der Waals surface area contributed by atoms with Crippen LogP contribution in [0, 0.1) is 5.92 Å². The molecule has 0 aliphatic heterocycles. The molecule has 1 rings (SSSR count). The van der Waals surface area contributed by atoms with Gasteiger partial charge in [-0.25, -0.2) is 0 Å². The van der Waals surface area contributed by atoms with Crippen LogP contribution in [0.25, 0.3) is 0 Å². The van der Waals surface area contributed by atoms with Gasteiger partial charge in [0.2, 0.25) is 0 Å². The van der Waals surface area contributed by atoms with E-state index in [0.29, 0.717) is 5.82 Å². The van der Waals surface area contributed by atoms with Crippen LogP contribution < -0.4 is 5.73 Å². The number of rotatable bonds is 7. The normalized spacial score (nSPS) is 14.6. The molecule has 0 amide bonds. The van der Waals surface area contributed by atoms with E-state index in [0.717, 1.165) is 19.3 Å². The Hall–Kier alpha value is -1.30. The van der Waals surface area contributed by atoms with Crippen molar-refractivity contribution >= 4 is 5.78 Å². The molecule has 0 aliphatic rings. The summed E-state index contributed by atoms with van der Waals surface area (Å²) < 4.78 is 0. The second-order valence-electron chi connectivity index (χ2n) is 4.65. The summed E-state index contributed by atoms with van der Waals surface area (Å²) in [5.74, 6) is 0.705. The lowest BCUT2D eigenvalue weighted by molar-refractivity contribution is -0.122. The number of Topliss-reactive ketones (excluding diaryl/α,β-unsaturated/α-hetero) is 1. The summed E-state index contributed by atoms with van der Waals surface area (Å²) in [7, 11) is 1.69. The number of carbonyl (C=O) groups is 1. The highest BCUT2D eigenvalue weighted by atomic mass is 16.1. The predicted molar refractivity (Wildman–Crippen MR) is 64.2 cm³/mol. The van der Waals surface area contributed by atoms with E-state index >= 15 is 0 Å². The number of aromatic nitrogens is 4. The maximum atomic E-state index is 11.8. The fraction of sp³-hybridized carbons (Fsp3) is 0.818. The zero-order valence-corrected chi connectivity index (χ0v) is 10.8. The molecule has 17 heavy (non-hydrogen) atoms. The van der Waals surface area contributed by atoms with Crippen LogP contribution in [0.4, 0.5) is 0 Å². The fourth-order valence-corrected chi connectivity index (χ4v) is 1.63. The van der Waals surface area contributed by atoms with Crippen molar-refractivity contribution in [1.82, 2.24) is 20.2 Å². The number of ketones is 1. The largest absolute Gasteiger partial charge is 0.328 e. The molecular formula is C11H21N5O. The first-order valence-corrected chi connectivity index (χ1v) is 6.00.